The van der Waals surface area contributed by atoms with Crippen LogP contribution in [-0.4, -0.2) is 34.6 Å². The number of aromatic nitrogens is 1. The number of primary amides is 1. The van der Waals surface area contributed by atoms with Crippen molar-refractivity contribution in [1.29, 1.82) is 0 Å². The number of amides is 1. The molecule has 1 atom stereocenters. The molecule has 1 unspecified atom stereocenters. The quantitative estimate of drug-likeness (QED) is 0.696. The summed E-state index contributed by atoms with van der Waals surface area (Å²) < 4.78 is 18.6. The molecule has 1 aromatic heterocycles. The molecule has 0 bridgehead atoms. The van der Waals surface area contributed by atoms with Crippen molar-refractivity contribution in [2.24, 2.45) is 5.73 Å². The van der Waals surface area contributed by atoms with Crippen LogP contribution in [0.3, 0.4) is 0 Å². The highest BCUT2D eigenvalue weighted by Gasteiger charge is 2.30. The van der Waals surface area contributed by atoms with Gasteiger partial charge < -0.3 is 10.3 Å². The van der Waals surface area contributed by atoms with Crippen molar-refractivity contribution in [3.63, 3.8) is 0 Å². The third-order valence-electron chi connectivity index (χ3n) is 3.92. The molecule has 0 aliphatic carbocycles. The smallest absolute Gasteiger partial charge is 0.250 e. The molecule has 2 N–H and O–H groups in total. The fourth-order valence-corrected chi connectivity index (χ4v) is 2.99. The molecule has 1 aliphatic heterocycles. The van der Waals surface area contributed by atoms with Gasteiger partial charge in [0.2, 0.25) is 5.91 Å². The van der Waals surface area contributed by atoms with E-state index < -0.39 is 11.4 Å². The lowest BCUT2D eigenvalue weighted by molar-refractivity contribution is -0.120. The fraction of sp³-hybridized carbons (Fsp3) is 0.429. The number of hydrogen-bond donors (Lipinski definition) is 1. The molecule has 0 spiro atoms. The van der Waals surface area contributed by atoms with E-state index in [-0.39, 0.29) is 11.7 Å². The lowest BCUT2D eigenvalue weighted by Crippen LogP contribution is -2.44. The lowest BCUT2D eigenvalue weighted by Gasteiger charge is -2.32. The van der Waals surface area contributed by atoms with Crippen LogP contribution >= 0.6 is 11.6 Å². The standard InChI is InChI=1S/C14H15ClFN3O2/c15-13(14(17)20)19-5-3-8(4-6-19)12-10-2-1-9(16)7-11(10)18-21-12/h1-2,7-8,13H,3-6H2,(H2,17,20). The van der Waals surface area contributed by atoms with E-state index in [9.17, 15) is 9.18 Å². The Morgan fingerprint density at radius 1 is 1.48 bits per heavy atom. The Balaban J connectivity index is 1.75. The van der Waals surface area contributed by atoms with Crippen LogP contribution in [0.4, 0.5) is 4.39 Å². The van der Waals surface area contributed by atoms with Crippen molar-refractivity contribution in [2.75, 3.05) is 13.1 Å². The van der Waals surface area contributed by atoms with Crippen molar-refractivity contribution in [3.8, 4) is 0 Å². The van der Waals surface area contributed by atoms with E-state index in [0.29, 0.717) is 18.6 Å². The minimum Gasteiger partial charge on any atom is -0.367 e. The summed E-state index contributed by atoms with van der Waals surface area (Å²) in [6.45, 7) is 1.32. The highest BCUT2D eigenvalue weighted by molar-refractivity contribution is 6.30. The molecule has 3 rings (SSSR count). The molecule has 1 amide bonds. The second-order valence-corrected chi connectivity index (χ2v) is 5.67. The van der Waals surface area contributed by atoms with Gasteiger partial charge in [0.05, 0.1) is 0 Å². The van der Waals surface area contributed by atoms with E-state index in [0.717, 1.165) is 24.0 Å². The van der Waals surface area contributed by atoms with Gasteiger partial charge in [-0.15, -0.1) is 0 Å². The summed E-state index contributed by atoms with van der Waals surface area (Å²) in [6.07, 6.45) is 1.58. The minimum absolute atomic E-state index is 0.188. The number of benzene rings is 1. The minimum atomic E-state index is -0.772. The number of likely N-dealkylation sites (tertiary alicyclic amines) is 1. The SMILES string of the molecule is NC(=O)C(Cl)N1CCC(c2onc3cc(F)ccc23)CC1. The summed E-state index contributed by atoms with van der Waals surface area (Å²) in [5.41, 5.74) is 4.96. The summed E-state index contributed by atoms with van der Waals surface area (Å²) >= 11 is 5.95. The maximum atomic E-state index is 13.2. The number of hydrogen-bond acceptors (Lipinski definition) is 4. The van der Waals surface area contributed by atoms with Gasteiger partial charge in [0.15, 0.2) is 5.50 Å². The number of nitrogens with two attached hydrogens (primary N) is 1. The molecule has 2 aromatic rings. The summed E-state index contributed by atoms with van der Waals surface area (Å²) in [4.78, 5) is 12.9. The zero-order chi connectivity index (χ0) is 15.0. The van der Waals surface area contributed by atoms with Crippen LogP contribution in [0.1, 0.15) is 24.5 Å². The number of nitrogens with zero attached hydrogens (tertiary/aromatic N) is 2. The molecule has 21 heavy (non-hydrogen) atoms. The van der Waals surface area contributed by atoms with Crippen LogP contribution in [0.5, 0.6) is 0 Å². The normalized spacial score (nSPS) is 19.0. The van der Waals surface area contributed by atoms with Crippen molar-refractivity contribution in [2.45, 2.75) is 24.3 Å². The van der Waals surface area contributed by atoms with Gasteiger partial charge in [-0.2, -0.15) is 0 Å². The van der Waals surface area contributed by atoms with E-state index in [1.165, 1.54) is 12.1 Å². The average Bonchev–Trinajstić information content (AvgIpc) is 2.89. The first-order chi connectivity index (χ1) is 10.1. The van der Waals surface area contributed by atoms with Gasteiger partial charge in [0, 0.05) is 30.5 Å². The lowest BCUT2D eigenvalue weighted by atomic mass is 9.92. The van der Waals surface area contributed by atoms with E-state index in [4.69, 9.17) is 21.9 Å². The Hall–Kier alpha value is -1.66. The van der Waals surface area contributed by atoms with E-state index in [1.807, 2.05) is 4.90 Å². The number of alkyl halides is 1. The molecular formula is C14H15ClFN3O2. The highest BCUT2D eigenvalue weighted by Crippen LogP contribution is 2.34. The van der Waals surface area contributed by atoms with E-state index >= 15 is 0 Å². The molecule has 1 aliphatic rings. The highest BCUT2D eigenvalue weighted by atomic mass is 35.5. The summed E-state index contributed by atoms with van der Waals surface area (Å²) in [5, 5.41) is 4.75. The number of rotatable bonds is 3. The number of piperidine rings is 1. The van der Waals surface area contributed by atoms with Gasteiger partial charge in [0.25, 0.3) is 0 Å². The summed E-state index contributed by atoms with van der Waals surface area (Å²) in [6, 6.07) is 4.45. The van der Waals surface area contributed by atoms with Crippen molar-refractivity contribution in [3.05, 3.63) is 29.8 Å². The topological polar surface area (TPSA) is 72.4 Å². The second-order valence-electron chi connectivity index (χ2n) is 5.26. The molecule has 2 heterocycles. The molecule has 7 heteroatoms. The number of fused-ring (bicyclic) bond motifs is 1. The largest absolute Gasteiger partial charge is 0.367 e. The van der Waals surface area contributed by atoms with Gasteiger partial charge in [-0.3, -0.25) is 9.69 Å². The molecule has 5 nitrogen and oxygen atoms in total. The van der Waals surface area contributed by atoms with E-state index in [1.54, 1.807) is 6.07 Å². The van der Waals surface area contributed by atoms with Crippen molar-refractivity contribution < 1.29 is 13.7 Å². The molecule has 0 saturated carbocycles. The molecule has 112 valence electrons. The predicted molar refractivity (Wildman–Crippen MR) is 76.4 cm³/mol. The van der Waals surface area contributed by atoms with Gasteiger partial charge in [0.1, 0.15) is 17.1 Å². The first kappa shape index (κ1) is 14.3. The van der Waals surface area contributed by atoms with Crippen molar-refractivity contribution >= 4 is 28.4 Å². The summed E-state index contributed by atoms with van der Waals surface area (Å²) in [5.74, 6) is 0.0996. The molecule has 1 fully saturated rings. The third-order valence-corrected chi connectivity index (χ3v) is 4.41. The van der Waals surface area contributed by atoms with Crippen LogP contribution in [-0.2, 0) is 4.79 Å². The maximum absolute atomic E-state index is 13.2. The molecule has 1 saturated heterocycles. The molecular weight excluding hydrogens is 297 g/mol. The van der Waals surface area contributed by atoms with Crippen LogP contribution in [0.2, 0.25) is 0 Å². The Morgan fingerprint density at radius 2 is 2.19 bits per heavy atom. The fourth-order valence-electron chi connectivity index (χ4n) is 2.80. The van der Waals surface area contributed by atoms with Gasteiger partial charge in [-0.1, -0.05) is 16.8 Å². The monoisotopic (exact) mass is 311 g/mol. The Labute approximate surface area is 125 Å². The third kappa shape index (κ3) is 2.73. The Bertz CT molecular complexity index is 667. The first-order valence-corrected chi connectivity index (χ1v) is 7.22. The first-order valence-electron chi connectivity index (χ1n) is 6.78. The maximum Gasteiger partial charge on any atom is 0.250 e. The van der Waals surface area contributed by atoms with Crippen LogP contribution in [0, 0.1) is 5.82 Å². The zero-order valence-corrected chi connectivity index (χ0v) is 12.0. The average molecular weight is 312 g/mol. The number of halogens is 2. The summed E-state index contributed by atoms with van der Waals surface area (Å²) in [7, 11) is 0. The second kappa shape index (κ2) is 5.61. The molecule has 1 aromatic carbocycles. The van der Waals surface area contributed by atoms with Gasteiger partial charge >= 0.3 is 0 Å². The van der Waals surface area contributed by atoms with Gasteiger partial charge in [-0.05, 0) is 25.0 Å². The number of carbonyl (C=O) groups excluding carboxylic acids is 1. The van der Waals surface area contributed by atoms with E-state index in [2.05, 4.69) is 5.16 Å². The Morgan fingerprint density at radius 3 is 2.86 bits per heavy atom. The number of carbonyl (C=O) groups is 1. The predicted octanol–water partition coefficient (Wildman–Crippen LogP) is 2.20. The van der Waals surface area contributed by atoms with Crippen molar-refractivity contribution in [1.82, 2.24) is 10.1 Å². The van der Waals surface area contributed by atoms with Crippen LogP contribution in [0.25, 0.3) is 10.9 Å². The molecule has 0 radical (unpaired) electrons. The van der Waals surface area contributed by atoms with Crippen LogP contribution < -0.4 is 5.73 Å². The Kier molecular flexibility index (Phi) is 3.82. The van der Waals surface area contributed by atoms with Gasteiger partial charge in [-0.25, -0.2) is 4.39 Å². The van der Waals surface area contributed by atoms with Crippen LogP contribution in [0.15, 0.2) is 22.7 Å². The zero-order valence-electron chi connectivity index (χ0n) is 11.3.